The molecular formula is C29H28N6Na2O14S4. The fraction of sp³-hybridized carbons (Fsp3) is 0.207. The van der Waals surface area contributed by atoms with Crippen molar-refractivity contribution < 1.29 is 122 Å². The van der Waals surface area contributed by atoms with Gasteiger partial charge in [-0.15, -0.1) is 10.2 Å². The van der Waals surface area contributed by atoms with Crippen LogP contribution in [-0.2, 0) is 39.9 Å². The van der Waals surface area contributed by atoms with Crippen LogP contribution in [0.3, 0.4) is 0 Å². The number of nitrogens with zero attached hydrogens (tertiary/aromatic N) is 4. The number of azo groups is 2. The van der Waals surface area contributed by atoms with E-state index in [1.54, 1.807) is 0 Å². The van der Waals surface area contributed by atoms with Crippen molar-refractivity contribution in [2.45, 2.75) is 14.7 Å². The molecule has 4 rings (SSSR count). The molecule has 0 saturated carbocycles. The van der Waals surface area contributed by atoms with E-state index in [-0.39, 0.29) is 87.5 Å². The fourth-order valence-electron chi connectivity index (χ4n) is 4.63. The predicted molar refractivity (Wildman–Crippen MR) is 184 cm³/mol. The topological polar surface area (TPSA) is 348 Å². The van der Waals surface area contributed by atoms with Gasteiger partial charge in [0, 0.05) is 17.5 Å². The summed E-state index contributed by atoms with van der Waals surface area (Å²) >= 11 is 0. The number of anilines is 1. The number of rotatable bonds is 15. The first-order chi connectivity index (χ1) is 24.7. The van der Waals surface area contributed by atoms with Crippen LogP contribution in [0.1, 0.15) is 10.4 Å². The second-order valence-corrected chi connectivity index (χ2v) is 18.0. The molecule has 0 unspecified atom stereocenters. The summed E-state index contributed by atoms with van der Waals surface area (Å²) in [5, 5.41) is 47.7. The van der Waals surface area contributed by atoms with Gasteiger partial charge < -0.3 is 30.9 Å². The molecule has 26 heteroatoms. The Bertz CT molecular complexity index is 2590. The number of hydrogen-bond donors (Lipinski definition) is 5. The summed E-state index contributed by atoms with van der Waals surface area (Å²) in [5.41, 5.74) is 3.25. The van der Waals surface area contributed by atoms with Crippen LogP contribution in [0.2, 0.25) is 0 Å². The number of nitrogens with one attached hydrogen (secondary N) is 1. The Morgan fingerprint density at radius 2 is 1.33 bits per heavy atom. The second-order valence-electron chi connectivity index (χ2n) is 10.8. The number of nitrogen functional groups attached to an aromatic ring is 1. The normalized spacial score (nSPS) is 12.4. The van der Waals surface area contributed by atoms with Gasteiger partial charge in [-0.05, 0) is 60.0 Å². The molecule has 0 heterocycles. The van der Waals surface area contributed by atoms with E-state index in [4.69, 9.17) is 15.9 Å². The van der Waals surface area contributed by atoms with Crippen LogP contribution in [0.4, 0.5) is 28.4 Å². The third-order valence-corrected chi connectivity index (χ3v) is 12.2. The van der Waals surface area contributed by atoms with Crippen LogP contribution >= 0.6 is 0 Å². The quantitative estimate of drug-likeness (QED) is 0.0325. The summed E-state index contributed by atoms with van der Waals surface area (Å²) in [4.78, 5) is 10.1. The Kier molecular flexibility index (Phi) is 17.1. The molecule has 0 aliphatic rings. The molecular weight excluding hydrogens is 831 g/mol. The Morgan fingerprint density at radius 3 is 1.91 bits per heavy atom. The zero-order valence-corrected chi connectivity index (χ0v) is 36.1. The summed E-state index contributed by atoms with van der Waals surface area (Å²) in [7, 11) is -18.2. The summed E-state index contributed by atoms with van der Waals surface area (Å²) in [6.07, 6.45) is 0. The minimum atomic E-state index is -5.44. The van der Waals surface area contributed by atoms with Crippen molar-refractivity contribution in [3.8, 4) is 5.75 Å². The number of aliphatic hydroxyl groups is 2. The molecule has 0 aromatic heterocycles. The maximum Gasteiger partial charge on any atom is 1.00 e. The summed E-state index contributed by atoms with van der Waals surface area (Å²) in [5.74, 6) is -3.56. The van der Waals surface area contributed by atoms with Gasteiger partial charge >= 0.3 is 59.1 Å². The van der Waals surface area contributed by atoms with Crippen molar-refractivity contribution in [3.05, 3.63) is 66.2 Å². The van der Waals surface area contributed by atoms with Gasteiger partial charge in [-0.3, -0.25) is 9.35 Å². The number of sulfone groups is 2. The Hall–Kier alpha value is -2.95. The molecule has 1 amide bonds. The first kappa shape index (κ1) is 48.2. The summed E-state index contributed by atoms with van der Waals surface area (Å²) < 4.78 is 119. The van der Waals surface area contributed by atoms with Crippen LogP contribution in [0.25, 0.3) is 10.8 Å². The van der Waals surface area contributed by atoms with Gasteiger partial charge in [0.2, 0.25) is 0 Å². The zero-order valence-electron chi connectivity index (χ0n) is 28.8. The number of benzene rings is 4. The van der Waals surface area contributed by atoms with E-state index in [1.807, 2.05) is 0 Å². The van der Waals surface area contributed by atoms with Crippen molar-refractivity contribution >= 4 is 85.0 Å². The molecule has 0 atom stereocenters. The van der Waals surface area contributed by atoms with Gasteiger partial charge in [0.1, 0.15) is 20.7 Å². The molecule has 0 aliphatic heterocycles. The summed E-state index contributed by atoms with van der Waals surface area (Å²) in [6, 6.07) is 10.8. The minimum Gasteiger partial charge on any atom is -0.870 e. The van der Waals surface area contributed by atoms with Crippen LogP contribution < -0.4 is 75.3 Å². The zero-order chi connectivity index (χ0) is 39.4. The van der Waals surface area contributed by atoms with Gasteiger partial charge in [0.15, 0.2) is 19.7 Å². The molecule has 0 fully saturated rings. The van der Waals surface area contributed by atoms with E-state index in [1.165, 1.54) is 18.2 Å². The van der Waals surface area contributed by atoms with E-state index < -0.39 is 120 Å². The molecule has 0 bridgehead atoms. The molecule has 20 nitrogen and oxygen atoms in total. The van der Waals surface area contributed by atoms with Crippen LogP contribution in [0, 0.1) is 0 Å². The Balaban J connectivity index is 0.00000523. The number of hydrogen-bond acceptors (Lipinski definition) is 18. The number of carbonyl (C=O) groups is 1. The molecule has 55 heavy (non-hydrogen) atoms. The van der Waals surface area contributed by atoms with Gasteiger partial charge in [-0.1, -0.05) is 11.8 Å². The molecule has 4 aromatic rings. The molecule has 6 N–H and O–H groups in total. The maximum absolute atomic E-state index is 13.7. The summed E-state index contributed by atoms with van der Waals surface area (Å²) in [6.45, 7) is -1.51. The molecule has 0 radical (unpaired) electrons. The van der Waals surface area contributed by atoms with E-state index in [2.05, 4.69) is 25.8 Å². The van der Waals surface area contributed by atoms with Crippen molar-refractivity contribution in [1.29, 1.82) is 0 Å². The number of amides is 1. The van der Waals surface area contributed by atoms with Gasteiger partial charge in [-0.25, -0.2) is 25.3 Å². The molecule has 0 aliphatic carbocycles. The average molecular weight is 859 g/mol. The van der Waals surface area contributed by atoms with Crippen molar-refractivity contribution in [2.24, 2.45) is 20.5 Å². The first-order valence-electron chi connectivity index (χ1n) is 14.7. The third kappa shape index (κ3) is 12.3. The van der Waals surface area contributed by atoms with Crippen LogP contribution in [-0.4, -0.2) is 95.9 Å². The fourth-order valence-corrected chi connectivity index (χ4v) is 7.86. The maximum atomic E-state index is 13.7. The standard InChI is InChI=1S/C29H30N6O14S4.2Na/c30-25-24-18(15-22(52(44,45)46)26(25)34-32-19-4-6-21(7-5-19)51(42,43)13-10-37)16-23(53(47,48)49)27(28(24)38)35-33-20-3-1-2-17(14-20)29(39)31-8-11-50(40,41)12-9-36;;/h1-7,14-16,36-38H,8-13,30H2,(H,31,39)(H,44,45,46)(H,47,48,49);;/q;2*+1/p-2. The molecule has 284 valence electrons. The van der Waals surface area contributed by atoms with Crippen LogP contribution in [0.5, 0.6) is 5.75 Å². The Labute approximate surface area is 358 Å². The monoisotopic (exact) mass is 858 g/mol. The average Bonchev–Trinajstić information content (AvgIpc) is 3.06. The minimum absolute atomic E-state index is 0. The molecule has 0 spiro atoms. The van der Waals surface area contributed by atoms with E-state index >= 15 is 0 Å². The van der Waals surface area contributed by atoms with Crippen LogP contribution in [0.15, 0.2) is 95.8 Å². The first-order valence-corrected chi connectivity index (χ1v) is 21.0. The molecule has 4 aromatic carbocycles. The third-order valence-electron chi connectivity index (χ3n) is 7.14. The smallest absolute Gasteiger partial charge is 0.870 e. The van der Waals surface area contributed by atoms with E-state index in [9.17, 15) is 52.7 Å². The van der Waals surface area contributed by atoms with Gasteiger partial charge in [0.05, 0.1) is 63.0 Å². The van der Waals surface area contributed by atoms with Crippen molar-refractivity contribution in [3.63, 3.8) is 0 Å². The van der Waals surface area contributed by atoms with Gasteiger partial charge in [-0.2, -0.15) is 18.6 Å². The van der Waals surface area contributed by atoms with E-state index in [0.717, 1.165) is 30.3 Å². The number of carbonyl (C=O) groups excluding carboxylic acids is 1. The second kappa shape index (κ2) is 19.5. The predicted octanol–water partition coefficient (Wildman–Crippen LogP) is -4.61. The van der Waals surface area contributed by atoms with Crippen molar-refractivity contribution in [2.75, 3.05) is 42.8 Å². The Morgan fingerprint density at radius 1 is 0.745 bits per heavy atom. The number of aliphatic hydroxyl groups excluding tert-OH is 2. The number of nitrogens with two attached hydrogens (primary N) is 1. The molecule has 0 saturated heterocycles. The number of fused-ring (bicyclic) bond motifs is 1. The SMILES string of the molecule is Nc1c(N=Nc2ccc(S(=O)(=O)CCO)cc2)c(S(=O)(=O)[O-])cc2cc(S(=O)(=O)O)c(N=Nc3cccc(C(=O)NCCS(=O)(=O)CCO)c3)c([O-])c12.[Na+].[Na+]. The van der Waals surface area contributed by atoms with Crippen molar-refractivity contribution in [1.82, 2.24) is 5.32 Å². The van der Waals surface area contributed by atoms with E-state index in [0.29, 0.717) is 12.1 Å². The largest absolute Gasteiger partial charge is 1.00 e. The van der Waals surface area contributed by atoms with Gasteiger partial charge in [0.25, 0.3) is 16.0 Å².